The Morgan fingerprint density at radius 1 is 1.10 bits per heavy atom. The quantitative estimate of drug-likeness (QED) is 0.738. The largest absolute Gasteiger partial charge is 0.452 e. The molecule has 2 aromatic carbocycles. The fourth-order valence-electron chi connectivity index (χ4n) is 3.69. The Kier molecular flexibility index (Phi) is 6.55. The number of carbonyl (C=O) groups excluding carboxylic acids is 3. The van der Waals surface area contributed by atoms with E-state index in [1.807, 2.05) is 69.3 Å². The zero-order valence-corrected chi connectivity index (χ0v) is 17.8. The summed E-state index contributed by atoms with van der Waals surface area (Å²) in [6.45, 7) is 7.66. The molecule has 2 aromatic rings. The van der Waals surface area contributed by atoms with Crippen LogP contribution in [0.1, 0.15) is 43.0 Å². The molecule has 1 N–H and O–H groups in total. The minimum absolute atomic E-state index is 0.0827. The van der Waals surface area contributed by atoms with Gasteiger partial charge in [-0.15, -0.1) is 0 Å². The Morgan fingerprint density at radius 2 is 1.80 bits per heavy atom. The van der Waals surface area contributed by atoms with Crippen molar-refractivity contribution in [2.45, 2.75) is 46.3 Å². The fourth-order valence-corrected chi connectivity index (χ4v) is 3.69. The van der Waals surface area contributed by atoms with Crippen molar-refractivity contribution in [1.29, 1.82) is 0 Å². The molecule has 0 aliphatic carbocycles. The number of anilines is 1. The van der Waals surface area contributed by atoms with Gasteiger partial charge in [0.25, 0.3) is 5.91 Å². The smallest absolute Gasteiger partial charge is 0.312 e. The van der Waals surface area contributed by atoms with E-state index in [0.29, 0.717) is 12.2 Å². The fraction of sp³-hybridized carbons (Fsp3) is 0.375. The highest BCUT2D eigenvalue weighted by Gasteiger charge is 2.38. The second kappa shape index (κ2) is 9.11. The van der Waals surface area contributed by atoms with Crippen LogP contribution in [0.25, 0.3) is 0 Å². The number of carbonyl (C=O) groups is 3. The predicted molar refractivity (Wildman–Crippen MR) is 115 cm³/mol. The molecule has 0 saturated carbocycles. The molecule has 30 heavy (non-hydrogen) atoms. The lowest BCUT2D eigenvalue weighted by molar-refractivity contribution is -0.157. The summed E-state index contributed by atoms with van der Waals surface area (Å²) in [6.07, 6.45) is -0.851. The number of esters is 1. The van der Waals surface area contributed by atoms with Gasteiger partial charge in [0.15, 0.2) is 6.10 Å². The number of hydrogen-bond acceptors (Lipinski definition) is 4. The third kappa shape index (κ3) is 4.87. The van der Waals surface area contributed by atoms with E-state index < -0.39 is 23.9 Å². The van der Waals surface area contributed by atoms with Crippen LogP contribution in [-0.4, -0.2) is 35.3 Å². The predicted octanol–water partition coefficient (Wildman–Crippen LogP) is 3.78. The SMILES string of the molecule is Cc1ccc(NC(=O)[C@@H](C)OC(=O)[C@@H]2CC(=O)N([C@@H](C)c3ccccc3)C2)c(C)c1. The van der Waals surface area contributed by atoms with Gasteiger partial charge in [0, 0.05) is 18.7 Å². The van der Waals surface area contributed by atoms with Crippen LogP contribution in [0.4, 0.5) is 5.69 Å². The van der Waals surface area contributed by atoms with Crippen LogP contribution in [0.3, 0.4) is 0 Å². The summed E-state index contributed by atoms with van der Waals surface area (Å²) in [5, 5.41) is 2.80. The highest BCUT2D eigenvalue weighted by Crippen LogP contribution is 2.29. The van der Waals surface area contributed by atoms with Gasteiger partial charge in [0.1, 0.15) is 0 Å². The van der Waals surface area contributed by atoms with Crippen molar-refractivity contribution >= 4 is 23.5 Å². The molecule has 0 bridgehead atoms. The van der Waals surface area contributed by atoms with Gasteiger partial charge in [-0.25, -0.2) is 0 Å². The van der Waals surface area contributed by atoms with Gasteiger partial charge in [0.05, 0.1) is 12.0 Å². The third-order valence-corrected chi connectivity index (χ3v) is 5.54. The maximum Gasteiger partial charge on any atom is 0.312 e. The first-order chi connectivity index (χ1) is 14.3. The number of ether oxygens (including phenoxy) is 1. The summed E-state index contributed by atoms with van der Waals surface area (Å²) in [7, 11) is 0. The van der Waals surface area contributed by atoms with Crippen LogP contribution in [0, 0.1) is 19.8 Å². The normalized spacial score (nSPS) is 18.1. The van der Waals surface area contributed by atoms with Gasteiger partial charge in [-0.3, -0.25) is 14.4 Å². The number of amides is 2. The summed E-state index contributed by atoms with van der Waals surface area (Å²) in [5.74, 6) is -1.57. The average Bonchev–Trinajstić information content (AvgIpc) is 3.11. The Bertz CT molecular complexity index is 941. The van der Waals surface area contributed by atoms with E-state index in [1.165, 1.54) is 6.92 Å². The molecule has 0 unspecified atom stereocenters. The van der Waals surface area contributed by atoms with E-state index in [-0.39, 0.29) is 18.4 Å². The second-order valence-corrected chi connectivity index (χ2v) is 7.92. The summed E-state index contributed by atoms with van der Waals surface area (Å²) in [5.41, 5.74) is 3.74. The van der Waals surface area contributed by atoms with E-state index in [0.717, 1.165) is 16.7 Å². The van der Waals surface area contributed by atoms with E-state index >= 15 is 0 Å². The van der Waals surface area contributed by atoms with E-state index in [9.17, 15) is 14.4 Å². The first-order valence-corrected chi connectivity index (χ1v) is 10.2. The van der Waals surface area contributed by atoms with Crippen LogP contribution in [0.15, 0.2) is 48.5 Å². The first kappa shape index (κ1) is 21.6. The second-order valence-electron chi connectivity index (χ2n) is 7.92. The van der Waals surface area contributed by atoms with Crippen molar-refractivity contribution in [2.24, 2.45) is 5.92 Å². The van der Waals surface area contributed by atoms with Crippen LogP contribution < -0.4 is 5.32 Å². The minimum atomic E-state index is -0.950. The number of nitrogens with one attached hydrogen (secondary N) is 1. The summed E-state index contributed by atoms with van der Waals surface area (Å²) < 4.78 is 5.38. The van der Waals surface area contributed by atoms with Gasteiger partial charge in [-0.1, -0.05) is 48.0 Å². The molecule has 0 aromatic heterocycles. The topological polar surface area (TPSA) is 75.7 Å². The van der Waals surface area contributed by atoms with Crippen molar-refractivity contribution in [3.05, 3.63) is 65.2 Å². The molecule has 3 rings (SSSR count). The Morgan fingerprint density at radius 3 is 2.47 bits per heavy atom. The molecule has 2 amide bonds. The lowest BCUT2D eigenvalue weighted by Gasteiger charge is -2.25. The molecule has 1 aliphatic heterocycles. The maximum absolute atomic E-state index is 12.6. The van der Waals surface area contributed by atoms with Gasteiger partial charge in [0.2, 0.25) is 5.91 Å². The summed E-state index contributed by atoms with van der Waals surface area (Å²) in [4.78, 5) is 39.2. The van der Waals surface area contributed by atoms with Gasteiger partial charge < -0.3 is 15.0 Å². The number of rotatable bonds is 6. The molecule has 158 valence electrons. The van der Waals surface area contributed by atoms with E-state index in [2.05, 4.69) is 5.32 Å². The Hall–Kier alpha value is -3.15. The number of hydrogen-bond donors (Lipinski definition) is 1. The molecule has 0 radical (unpaired) electrons. The van der Waals surface area contributed by atoms with Crippen molar-refractivity contribution in [3.8, 4) is 0 Å². The molecule has 6 heteroatoms. The molecular weight excluding hydrogens is 380 g/mol. The van der Waals surface area contributed by atoms with E-state index in [1.54, 1.807) is 4.90 Å². The van der Waals surface area contributed by atoms with Crippen molar-refractivity contribution in [2.75, 3.05) is 11.9 Å². The number of benzene rings is 2. The molecule has 3 atom stereocenters. The minimum Gasteiger partial charge on any atom is -0.452 e. The molecule has 1 heterocycles. The number of nitrogens with zero attached hydrogens (tertiary/aromatic N) is 1. The van der Waals surface area contributed by atoms with Crippen molar-refractivity contribution < 1.29 is 19.1 Å². The number of likely N-dealkylation sites (tertiary alicyclic amines) is 1. The highest BCUT2D eigenvalue weighted by molar-refractivity contribution is 5.96. The summed E-state index contributed by atoms with van der Waals surface area (Å²) in [6, 6.07) is 15.3. The van der Waals surface area contributed by atoms with Crippen molar-refractivity contribution in [3.63, 3.8) is 0 Å². The Labute approximate surface area is 177 Å². The van der Waals surface area contributed by atoms with Crippen LogP contribution in [0.5, 0.6) is 0 Å². The average molecular weight is 408 g/mol. The standard InChI is InChI=1S/C24H28N2O4/c1-15-10-11-21(16(2)12-15)25-23(28)18(4)30-24(29)20-13-22(27)26(14-20)17(3)19-8-6-5-7-9-19/h5-12,17-18,20H,13-14H2,1-4H3,(H,25,28)/t17-,18+,20+/m0/s1. The highest BCUT2D eigenvalue weighted by atomic mass is 16.5. The monoisotopic (exact) mass is 408 g/mol. The molecule has 1 fully saturated rings. The van der Waals surface area contributed by atoms with Crippen LogP contribution in [-0.2, 0) is 19.1 Å². The zero-order valence-electron chi connectivity index (χ0n) is 17.8. The summed E-state index contributed by atoms with van der Waals surface area (Å²) >= 11 is 0. The van der Waals surface area contributed by atoms with Gasteiger partial charge >= 0.3 is 5.97 Å². The zero-order chi connectivity index (χ0) is 21.8. The third-order valence-electron chi connectivity index (χ3n) is 5.54. The molecule has 1 saturated heterocycles. The van der Waals surface area contributed by atoms with Gasteiger partial charge in [-0.2, -0.15) is 0 Å². The first-order valence-electron chi connectivity index (χ1n) is 10.2. The van der Waals surface area contributed by atoms with Crippen LogP contribution >= 0.6 is 0 Å². The molecule has 6 nitrogen and oxygen atoms in total. The maximum atomic E-state index is 12.6. The van der Waals surface area contributed by atoms with Crippen LogP contribution in [0.2, 0.25) is 0 Å². The Balaban J connectivity index is 1.57. The lowest BCUT2D eigenvalue weighted by atomic mass is 10.1. The van der Waals surface area contributed by atoms with E-state index in [4.69, 9.17) is 4.74 Å². The van der Waals surface area contributed by atoms with Crippen molar-refractivity contribution in [1.82, 2.24) is 4.90 Å². The molecule has 1 aliphatic rings. The lowest BCUT2D eigenvalue weighted by Crippen LogP contribution is -2.34. The van der Waals surface area contributed by atoms with Gasteiger partial charge in [-0.05, 0) is 44.9 Å². The molecule has 0 spiro atoms. The number of aryl methyl sites for hydroxylation is 2. The molecular formula is C24H28N2O4.